The number of fused-ring (bicyclic) bond motifs is 1. The first-order valence-electron chi connectivity index (χ1n) is 8.38. The second kappa shape index (κ2) is 7.47. The van der Waals surface area contributed by atoms with Crippen molar-refractivity contribution in [3.8, 4) is 16.9 Å². The molecule has 1 nitrogen and oxygen atoms in total. The lowest BCUT2D eigenvalue weighted by Crippen LogP contribution is -1.95. The number of halogens is 2. The zero-order valence-corrected chi connectivity index (χ0v) is 14.2. The molecule has 0 saturated carbocycles. The standard InChI is InChI=1S/C22H20F2O/c1-3-5-6-15-7-9-16(10-8-15)19-13-17-11-12-18(25-4-2)14-20(17)22(24)21(19)23/h3,7-14H,1,4-6H2,2H3. The van der Waals surface area contributed by atoms with E-state index in [1.54, 1.807) is 24.3 Å². The van der Waals surface area contributed by atoms with Crippen molar-refractivity contribution >= 4 is 10.8 Å². The van der Waals surface area contributed by atoms with Crippen molar-refractivity contribution in [2.24, 2.45) is 0 Å². The highest BCUT2D eigenvalue weighted by atomic mass is 19.2. The van der Waals surface area contributed by atoms with E-state index in [4.69, 9.17) is 4.74 Å². The number of allylic oxidation sites excluding steroid dienone is 1. The summed E-state index contributed by atoms with van der Waals surface area (Å²) in [6.07, 6.45) is 3.64. The minimum Gasteiger partial charge on any atom is -0.494 e. The Bertz CT molecular complexity index is 898. The molecule has 0 aromatic heterocycles. The Morgan fingerprint density at radius 1 is 1.00 bits per heavy atom. The van der Waals surface area contributed by atoms with Crippen LogP contribution in [-0.4, -0.2) is 6.61 Å². The highest BCUT2D eigenvalue weighted by Crippen LogP contribution is 2.32. The van der Waals surface area contributed by atoms with Crippen LogP contribution in [0, 0.1) is 11.6 Å². The molecule has 3 aromatic rings. The largest absolute Gasteiger partial charge is 0.494 e. The normalized spacial score (nSPS) is 10.8. The van der Waals surface area contributed by atoms with Gasteiger partial charge in [0.15, 0.2) is 11.6 Å². The summed E-state index contributed by atoms with van der Waals surface area (Å²) in [6, 6.07) is 14.3. The molecule has 0 saturated heterocycles. The molecule has 3 rings (SSSR count). The monoisotopic (exact) mass is 338 g/mol. The van der Waals surface area contributed by atoms with Gasteiger partial charge in [-0.15, -0.1) is 6.58 Å². The maximum absolute atomic E-state index is 14.6. The molecule has 25 heavy (non-hydrogen) atoms. The summed E-state index contributed by atoms with van der Waals surface area (Å²) in [7, 11) is 0. The first kappa shape index (κ1) is 17.2. The maximum atomic E-state index is 14.6. The average Bonchev–Trinajstić information content (AvgIpc) is 2.64. The summed E-state index contributed by atoms with van der Waals surface area (Å²) >= 11 is 0. The van der Waals surface area contributed by atoms with E-state index in [-0.39, 0.29) is 10.9 Å². The van der Waals surface area contributed by atoms with Crippen LogP contribution in [0.5, 0.6) is 5.75 Å². The highest BCUT2D eigenvalue weighted by Gasteiger charge is 2.15. The van der Waals surface area contributed by atoms with E-state index in [1.165, 1.54) is 0 Å². The van der Waals surface area contributed by atoms with Gasteiger partial charge in [-0.2, -0.15) is 0 Å². The van der Waals surface area contributed by atoms with Gasteiger partial charge in [-0.25, -0.2) is 8.78 Å². The fraction of sp³-hybridized carbons (Fsp3) is 0.182. The molecule has 0 aliphatic carbocycles. The Hall–Kier alpha value is -2.68. The van der Waals surface area contributed by atoms with Gasteiger partial charge < -0.3 is 4.74 Å². The maximum Gasteiger partial charge on any atom is 0.167 e. The van der Waals surface area contributed by atoms with Crippen molar-refractivity contribution in [2.45, 2.75) is 19.8 Å². The lowest BCUT2D eigenvalue weighted by molar-refractivity contribution is 0.340. The van der Waals surface area contributed by atoms with Gasteiger partial charge in [0.25, 0.3) is 0 Å². The van der Waals surface area contributed by atoms with Crippen molar-refractivity contribution in [1.29, 1.82) is 0 Å². The molecule has 0 fully saturated rings. The van der Waals surface area contributed by atoms with Gasteiger partial charge in [-0.1, -0.05) is 36.4 Å². The molecule has 0 radical (unpaired) electrons. The minimum absolute atomic E-state index is 0.231. The fourth-order valence-electron chi connectivity index (χ4n) is 2.89. The molecule has 0 spiro atoms. The van der Waals surface area contributed by atoms with Crippen molar-refractivity contribution in [3.05, 3.63) is 78.4 Å². The van der Waals surface area contributed by atoms with E-state index in [0.717, 1.165) is 18.4 Å². The van der Waals surface area contributed by atoms with Gasteiger partial charge in [0.1, 0.15) is 5.75 Å². The summed E-state index contributed by atoms with van der Waals surface area (Å²) in [4.78, 5) is 0. The second-order valence-corrected chi connectivity index (χ2v) is 5.89. The summed E-state index contributed by atoms with van der Waals surface area (Å²) in [5.74, 6) is -1.14. The quantitative estimate of drug-likeness (QED) is 0.479. The van der Waals surface area contributed by atoms with Gasteiger partial charge >= 0.3 is 0 Å². The summed E-state index contributed by atoms with van der Waals surface area (Å²) in [6.45, 7) is 6.04. The number of hydrogen-bond donors (Lipinski definition) is 0. The van der Waals surface area contributed by atoms with Crippen LogP contribution in [0.15, 0.2) is 61.2 Å². The Labute approximate surface area is 146 Å². The number of benzene rings is 3. The Kier molecular flexibility index (Phi) is 5.13. The van der Waals surface area contributed by atoms with Crippen LogP contribution in [-0.2, 0) is 6.42 Å². The molecular weight excluding hydrogens is 318 g/mol. The van der Waals surface area contributed by atoms with Gasteiger partial charge in [0.05, 0.1) is 6.61 Å². The molecule has 0 amide bonds. The van der Waals surface area contributed by atoms with Crippen LogP contribution < -0.4 is 4.74 Å². The fourth-order valence-corrected chi connectivity index (χ4v) is 2.89. The summed E-state index contributed by atoms with van der Waals surface area (Å²) in [5.41, 5.74) is 2.07. The van der Waals surface area contributed by atoms with Crippen molar-refractivity contribution in [2.75, 3.05) is 6.61 Å². The van der Waals surface area contributed by atoms with Gasteiger partial charge in [-0.05, 0) is 54.5 Å². The van der Waals surface area contributed by atoms with Crippen molar-refractivity contribution in [3.63, 3.8) is 0 Å². The highest BCUT2D eigenvalue weighted by molar-refractivity contribution is 5.89. The number of rotatable bonds is 6. The smallest absolute Gasteiger partial charge is 0.167 e. The Morgan fingerprint density at radius 3 is 2.44 bits per heavy atom. The minimum atomic E-state index is -0.843. The first-order valence-corrected chi connectivity index (χ1v) is 8.38. The Balaban J connectivity index is 2.03. The van der Waals surface area contributed by atoms with E-state index in [1.807, 2.05) is 37.3 Å². The average molecular weight is 338 g/mol. The van der Waals surface area contributed by atoms with Crippen LogP contribution >= 0.6 is 0 Å². The van der Waals surface area contributed by atoms with Gasteiger partial charge in [-0.3, -0.25) is 0 Å². The zero-order valence-electron chi connectivity index (χ0n) is 14.2. The van der Waals surface area contributed by atoms with Crippen LogP contribution in [0.4, 0.5) is 8.78 Å². The third-order valence-electron chi connectivity index (χ3n) is 4.20. The third-order valence-corrected chi connectivity index (χ3v) is 4.20. The molecule has 3 aromatic carbocycles. The predicted octanol–water partition coefficient (Wildman–Crippen LogP) is 6.30. The van der Waals surface area contributed by atoms with E-state index in [9.17, 15) is 8.78 Å². The first-order chi connectivity index (χ1) is 12.1. The lowest BCUT2D eigenvalue weighted by Gasteiger charge is -2.10. The number of hydrogen-bond acceptors (Lipinski definition) is 1. The molecular formula is C22H20F2O. The predicted molar refractivity (Wildman–Crippen MR) is 99.0 cm³/mol. The summed E-state index contributed by atoms with van der Waals surface area (Å²) in [5, 5.41) is 0.878. The molecule has 0 aliphatic rings. The molecule has 0 unspecified atom stereocenters. The van der Waals surface area contributed by atoms with Gasteiger partial charge in [0.2, 0.25) is 0 Å². The molecule has 128 valence electrons. The van der Waals surface area contributed by atoms with E-state index >= 15 is 0 Å². The number of ether oxygens (including phenoxy) is 1. The van der Waals surface area contributed by atoms with Crippen LogP contribution in [0.25, 0.3) is 21.9 Å². The topological polar surface area (TPSA) is 9.23 Å². The Morgan fingerprint density at radius 2 is 1.76 bits per heavy atom. The van der Waals surface area contributed by atoms with E-state index in [2.05, 4.69) is 6.58 Å². The number of aryl methyl sites for hydroxylation is 1. The molecule has 0 aliphatic heterocycles. The van der Waals surface area contributed by atoms with Crippen molar-refractivity contribution < 1.29 is 13.5 Å². The molecule has 0 heterocycles. The molecule has 3 heteroatoms. The summed E-state index contributed by atoms with van der Waals surface area (Å²) < 4.78 is 34.6. The lowest BCUT2D eigenvalue weighted by atomic mass is 9.98. The second-order valence-electron chi connectivity index (χ2n) is 5.89. The molecule has 0 N–H and O–H groups in total. The molecule has 0 bridgehead atoms. The van der Waals surface area contributed by atoms with E-state index < -0.39 is 11.6 Å². The van der Waals surface area contributed by atoms with Crippen LogP contribution in [0.2, 0.25) is 0 Å². The van der Waals surface area contributed by atoms with Crippen LogP contribution in [0.1, 0.15) is 18.9 Å². The third kappa shape index (κ3) is 3.55. The molecule has 0 atom stereocenters. The zero-order chi connectivity index (χ0) is 17.8. The van der Waals surface area contributed by atoms with E-state index in [0.29, 0.717) is 23.3 Å². The SMILES string of the molecule is C=CCCc1ccc(-c2cc3ccc(OCC)cc3c(F)c2F)cc1. The van der Waals surface area contributed by atoms with Gasteiger partial charge in [0, 0.05) is 10.9 Å². The van der Waals surface area contributed by atoms with Crippen LogP contribution in [0.3, 0.4) is 0 Å². The van der Waals surface area contributed by atoms with Crippen molar-refractivity contribution in [1.82, 2.24) is 0 Å².